The number of morpholine rings is 1. The fraction of sp³-hybridized carbons (Fsp3) is 0.636. The van der Waals surface area contributed by atoms with E-state index in [1.165, 1.54) is 11.3 Å². The van der Waals surface area contributed by atoms with E-state index in [0.717, 1.165) is 38.5 Å². The van der Waals surface area contributed by atoms with Crippen LogP contribution < -0.4 is 11.1 Å². The van der Waals surface area contributed by atoms with Crippen LogP contribution >= 0.6 is 36.2 Å². The third kappa shape index (κ3) is 5.90. The molecule has 2 heterocycles. The number of nitrogens with zero attached hydrogens (tertiary/aromatic N) is 2. The van der Waals surface area contributed by atoms with Gasteiger partial charge in [-0.15, -0.1) is 36.2 Å². The lowest BCUT2D eigenvalue weighted by Gasteiger charge is -2.25. The summed E-state index contributed by atoms with van der Waals surface area (Å²) in [4.78, 5) is 18.1. The Labute approximate surface area is 134 Å². The van der Waals surface area contributed by atoms with Gasteiger partial charge in [0.1, 0.15) is 0 Å². The fourth-order valence-electron chi connectivity index (χ4n) is 1.64. The first-order valence-corrected chi connectivity index (χ1v) is 6.84. The number of nitrogens with one attached hydrogen (secondary N) is 1. The largest absolute Gasteiger partial charge is 0.379 e. The summed E-state index contributed by atoms with van der Waals surface area (Å²) < 4.78 is 5.29. The van der Waals surface area contributed by atoms with Gasteiger partial charge in [-0.25, -0.2) is 4.98 Å². The van der Waals surface area contributed by atoms with Crippen molar-refractivity contribution in [2.24, 2.45) is 5.73 Å². The number of ether oxygens (including phenoxy) is 1. The maximum atomic E-state index is 11.4. The van der Waals surface area contributed by atoms with Crippen LogP contribution in [0.25, 0.3) is 0 Å². The third-order valence-electron chi connectivity index (χ3n) is 2.68. The predicted octanol–water partition coefficient (Wildman–Crippen LogP) is 1.10. The molecule has 0 radical (unpaired) electrons. The minimum atomic E-state index is -0.517. The highest BCUT2D eigenvalue weighted by molar-refractivity contribution is 7.13. The summed E-state index contributed by atoms with van der Waals surface area (Å²) in [5, 5.41) is 5.28. The number of aromatic nitrogens is 1. The molecule has 20 heavy (non-hydrogen) atoms. The van der Waals surface area contributed by atoms with Crippen molar-refractivity contribution in [2.45, 2.75) is 19.5 Å². The van der Waals surface area contributed by atoms with Crippen molar-refractivity contribution < 1.29 is 9.53 Å². The van der Waals surface area contributed by atoms with Gasteiger partial charge in [-0.2, -0.15) is 0 Å². The Morgan fingerprint density at radius 1 is 1.55 bits per heavy atom. The molecular formula is C11H20Cl2N4O2S. The lowest BCUT2D eigenvalue weighted by atomic mass is 10.3. The van der Waals surface area contributed by atoms with Crippen LogP contribution in [0.1, 0.15) is 12.6 Å². The van der Waals surface area contributed by atoms with Crippen molar-refractivity contribution in [2.75, 3.05) is 31.6 Å². The molecule has 0 aliphatic carbocycles. The molecule has 0 aromatic carbocycles. The number of nitrogens with two attached hydrogens (primary N) is 1. The molecule has 1 amide bonds. The second kappa shape index (κ2) is 9.49. The number of carbonyl (C=O) groups excluding carboxylic acids is 1. The number of halogens is 2. The van der Waals surface area contributed by atoms with Crippen LogP contribution in [0.2, 0.25) is 0 Å². The molecule has 1 aromatic heterocycles. The van der Waals surface area contributed by atoms with E-state index < -0.39 is 6.04 Å². The van der Waals surface area contributed by atoms with Gasteiger partial charge in [0, 0.05) is 25.0 Å². The van der Waals surface area contributed by atoms with E-state index in [4.69, 9.17) is 10.5 Å². The van der Waals surface area contributed by atoms with Gasteiger partial charge in [-0.1, -0.05) is 0 Å². The molecule has 1 aromatic rings. The maximum Gasteiger partial charge on any atom is 0.242 e. The Kier molecular flexibility index (Phi) is 9.28. The zero-order chi connectivity index (χ0) is 13.0. The second-order valence-corrected chi connectivity index (χ2v) is 5.17. The minimum Gasteiger partial charge on any atom is -0.379 e. The van der Waals surface area contributed by atoms with Crippen LogP contribution in [0.4, 0.5) is 5.13 Å². The van der Waals surface area contributed by atoms with E-state index in [1.807, 2.05) is 5.38 Å². The molecule has 1 aliphatic rings. The van der Waals surface area contributed by atoms with Crippen LogP contribution in [0, 0.1) is 0 Å². The first-order chi connectivity index (χ1) is 8.65. The van der Waals surface area contributed by atoms with Gasteiger partial charge in [-0.05, 0) is 6.92 Å². The van der Waals surface area contributed by atoms with Crippen LogP contribution in [0.3, 0.4) is 0 Å². The molecule has 0 bridgehead atoms. The highest BCUT2D eigenvalue weighted by Gasteiger charge is 2.14. The maximum absolute atomic E-state index is 11.4. The quantitative estimate of drug-likeness (QED) is 0.856. The monoisotopic (exact) mass is 342 g/mol. The van der Waals surface area contributed by atoms with E-state index in [0.29, 0.717) is 5.13 Å². The van der Waals surface area contributed by atoms with Crippen molar-refractivity contribution in [3.63, 3.8) is 0 Å². The highest BCUT2D eigenvalue weighted by atomic mass is 35.5. The molecule has 0 unspecified atom stereocenters. The summed E-state index contributed by atoms with van der Waals surface area (Å²) >= 11 is 1.43. The van der Waals surface area contributed by atoms with Crippen LogP contribution in [0.15, 0.2) is 5.38 Å². The summed E-state index contributed by atoms with van der Waals surface area (Å²) in [5.74, 6) is -0.206. The topological polar surface area (TPSA) is 80.5 Å². The Balaban J connectivity index is 0.00000180. The van der Waals surface area contributed by atoms with Gasteiger partial charge in [-0.3, -0.25) is 9.69 Å². The molecule has 0 saturated carbocycles. The highest BCUT2D eigenvalue weighted by Crippen LogP contribution is 2.17. The van der Waals surface area contributed by atoms with E-state index in [2.05, 4.69) is 15.2 Å². The molecule has 0 spiro atoms. The summed E-state index contributed by atoms with van der Waals surface area (Å²) in [5.41, 5.74) is 6.46. The molecule has 6 nitrogen and oxygen atoms in total. The summed E-state index contributed by atoms with van der Waals surface area (Å²) in [7, 11) is 0. The smallest absolute Gasteiger partial charge is 0.242 e. The lowest BCUT2D eigenvalue weighted by Crippen LogP contribution is -2.35. The minimum absolute atomic E-state index is 0. The first kappa shape index (κ1) is 19.6. The van der Waals surface area contributed by atoms with Crippen molar-refractivity contribution >= 4 is 47.2 Å². The van der Waals surface area contributed by atoms with E-state index in [-0.39, 0.29) is 30.7 Å². The van der Waals surface area contributed by atoms with Gasteiger partial charge >= 0.3 is 0 Å². The SMILES string of the molecule is C[C@H](N)C(=O)Nc1nc(CN2CCOCC2)cs1.Cl.Cl. The Morgan fingerprint density at radius 2 is 2.20 bits per heavy atom. The molecule has 2 rings (SSSR count). The van der Waals surface area contributed by atoms with E-state index in [1.54, 1.807) is 6.92 Å². The zero-order valence-electron chi connectivity index (χ0n) is 11.2. The third-order valence-corrected chi connectivity index (χ3v) is 3.49. The van der Waals surface area contributed by atoms with Crippen LogP contribution in [-0.4, -0.2) is 48.1 Å². The van der Waals surface area contributed by atoms with Gasteiger partial charge in [0.2, 0.25) is 5.91 Å². The average molecular weight is 343 g/mol. The molecule has 1 saturated heterocycles. The standard InChI is InChI=1S/C11H18N4O2S.2ClH/c1-8(12)10(16)14-11-13-9(7-18-11)6-15-2-4-17-5-3-15;;/h7-8H,2-6,12H2,1H3,(H,13,14,16);2*1H/t8-;;/m0../s1. The second-order valence-electron chi connectivity index (χ2n) is 4.31. The molecule has 9 heteroatoms. The molecule has 116 valence electrons. The number of thiazole rings is 1. The van der Waals surface area contributed by atoms with Crippen molar-refractivity contribution in [3.05, 3.63) is 11.1 Å². The summed E-state index contributed by atoms with van der Waals surface area (Å²) in [6.45, 7) is 5.86. The molecule has 1 aliphatic heterocycles. The molecule has 3 N–H and O–H groups in total. The Bertz CT molecular complexity index is 411. The molecule has 1 atom stereocenters. The van der Waals surface area contributed by atoms with E-state index in [9.17, 15) is 4.79 Å². The van der Waals surface area contributed by atoms with Crippen LogP contribution in [-0.2, 0) is 16.1 Å². The predicted molar refractivity (Wildman–Crippen MR) is 85.0 cm³/mol. The number of hydrogen-bond donors (Lipinski definition) is 2. The Hall–Kier alpha value is -0.440. The summed E-state index contributed by atoms with van der Waals surface area (Å²) in [6, 6.07) is -0.517. The number of hydrogen-bond acceptors (Lipinski definition) is 6. The normalized spacial score (nSPS) is 16.7. The summed E-state index contributed by atoms with van der Waals surface area (Å²) in [6.07, 6.45) is 0. The fourth-order valence-corrected chi connectivity index (χ4v) is 2.35. The number of amides is 1. The van der Waals surface area contributed by atoms with Gasteiger partial charge in [0.15, 0.2) is 5.13 Å². The Morgan fingerprint density at radius 3 is 2.80 bits per heavy atom. The zero-order valence-corrected chi connectivity index (χ0v) is 13.7. The molecule has 1 fully saturated rings. The van der Waals surface area contributed by atoms with Gasteiger partial charge in [0.05, 0.1) is 24.9 Å². The van der Waals surface area contributed by atoms with Crippen LogP contribution in [0.5, 0.6) is 0 Å². The number of rotatable bonds is 4. The van der Waals surface area contributed by atoms with Crippen molar-refractivity contribution in [3.8, 4) is 0 Å². The van der Waals surface area contributed by atoms with E-state index >= 15 is 0 Å². The molecular weight excluding hydrogens is 323 g/mol. The lowest BCUT2D eigenvalue weighted by molar-refractivity contribution is -0.117. The number of carbonyl (C=O) groups is 1. The van der Waals surface area contributed by atoms with Crippen molar-refractivity contribution in [1.82, 2.24) is 9.88 Å². The van der Waals surface area contributed by atoms with Crippen molar-refractivity contribution in [1.29, 1.82) is 0 Å². The first-order valence-electron chi connectivity index (χ1n) is 5.96. The number of anilines is 1. The average Bonchev–Trinajstić information content (AvgIpc) is 2.77. The van der Waals surface area contributed by atoms with Gasteiger partial charge in [0.25, 0.3) is 0 Å². The van der Waals surface area contributed by atoms with Gasteiger partial charge < -0.3 is 15.8 Å².